The van der Waals surface area contributed by atoms with Gasteiger partial charge in [0.1, 0.15) is 0 Å². The number of benzene rings is 1. The van der Waals surface area contributed by atoms with Crippen LogP contribution in [0, 0.1) is 5.92 Å². The zero-order chi connectivity index (χ0) is 14.3. The molecule has 0 bridgehead atoms. The molecule has 0 fully saturated rings. The predicted octanol–water partition coefficient (Wildman–Crippen LogP) is 4.93. The van der Waals surface area contributed by atoms with Crippen LogP contribution in [0.25, 0.3) is 0 Å². The molecule has 0 heterocycles. The maximum Gasteiger partial charge on any atom is 0.308 e. The van der Waals surface area contributed by atoms with Gasteiger partial charge in [0.05, 0.1) is 13.0 Å². The number of hydrogen-bond acceptors (Lipinski definition) is 2. The van der Waals surface area contributed by atoms with E-state index in [4.69, 9.17) is 27.9 Å². The lowest BCUT2D eigenvalue weighted by atomic mass is 9.89. The molecule has 2 unspecified atom stereocenters. The first-order chi connectivity index (χ1) is 8.47. The Bertz CT molecular complexity index is 391. The van der Waals surface area contributed by atoms with E-state index < -0.39 is 0 Å². The minimum atomic E-state index is -0.249. The number of carbonyl (C=O) groups is 1. The van der Waals surface area contributed by atoms with Crippen molar-refractivity contribution in [1.29, 1.82) is 0 Å². The summed E-state index contributed by atoms with van der Waals surface area (Å²) in [5.41, 5.74) is 0.868. The van der Waals surface area contributed by atoms with E-state index >= 15 is 0 Å². The first kappa shape index (κ1) is 17.3. The van der Waals surface area contributed by atoms with Crippen molar-refractivity contribution in [3.05, 3.63) is 33.8 Å². The standard InChI is InChI=1S/C12H14Cl2O2.C2H6/c1-7(8(2)12(15)16-3)10-6-9(13)4-5-11(10)14;1-2/h4-8H,1-3H3;1-2H3. The van der Waals surface area contributed by atoms with Gasteiger partial charge in [0, 0.05) is 10.0 Å². The summed E-state index contributed by atoms with van der Waals surface area (Å²) in [6.45, 7) is 7.74. The SMILES string of the molecule is CC.COC(=O)C(C)C(C)c1cc(Cl)ccc1Cl. The summed E-state index contributed by atoms with van der Waals surface area (Å²) in [6, 6.07) is 5.25. The molecule has 18 heavy (non-hydrogen) atoms. The third-order valence-corrected chi connectivity index (χ3v) is 3.35. The van der Waals surface area contributed by atoms with Crippen molar-refractivity contribution < 1.29 is 9.53 Å². The third-order valence-electron chi connectivity index (χ3n) is 2.77. The minimum Gasteiger partial charge on any atom is -0.469 e. The number of methoxy groups -OCH3 is 1. The van der Waals surface area contributed by atoms with Gasteiger partial charge in [0.15, 0.2) is 0 Å². The Morgan fingerprint density at radius 2 is 1.78 bits per heavy atom. The highest BCUT2D eigenvalue weighted by molar-refractivity contribution is 6.33. The molecule has 2 nitrogen and oxygen atoms in total. The first-order valence-electron chi connectivity index (χ1n) is 6.00. The van der Waals surface area contributed by atoms with Gasteiger partial charge in [-0.15, -0.1) is 0 Å². The molecular formula is C14H20Cl2O2. The van der Waals surface area contributed by atoms with Crippen LogP contribution in [0.3, 0.4) is 0 Å². The van der Waals surface area contributed by atoms with Crippen LogP contribution in [0.2, 0.25) is 10.0 Å². The van der Waals surface area contributed by atoms with Gasteiger partial charge in [-0.05, 0) is 29.7 Å². The van der Waals surface area contributed by atoms with Crippen molar-refractivity contribution in [2.75, 3.05) is 7.11 Å². The molecule has 0 aliphatic rings. The number of hydrogen-bond donors (Lipinski definition) is 0. The molecule has 0 amide bonds. The van der Waals surface area contributed by atoms with E-state index in [1.54, 1.807) is 18.2 Å². The Balaban J connectivity index is 0.00000137. The Morgan fingerprint density at radius 1 is 1.22 bits per heavy atom. The van der Waals surface area contributed by atoms with Crippen LogP contribution in [0.4, 0.5) is 0 Å². The Kier molecular flexibility index (Phi) is 8.05. The third kappa shape index (κ3) is 4.51. The fourth-order valence-corrected chi connectivity index (χ4v) is 1.99. The molecule has 0 radical (unpaired) electrons. The molecular weight excluding hydrogens is 271 g/mol. The zero-order valence-corrected chi connectivity index (χ0v) is 13.0. The van der Waals surface area contributed by atoms with Crippen molar-refractivity contribution in [3.63, 3.8) is 0 Å². The molecule has 0 aliphatic carbocycles. The van der Waals surface area contributed by atoms with Gasteiger partial charge in [-0.2, -0.15) is 0 Å². The molecule has 0 aliphatic heterocycles. The maximum absolute atomic E-state index is 11.4. The monoisotopic (exact) mass is 290 g/mol. The van der Waals surface area contributed by atoms with Gasteiger partial charge < -0.3 is 4.74 Å². The lowest BCUT2D eigenvalue weighted by Gasteiger charge is -2.19. The van der Waals surface area contributed by atoms with Gasteiger partial charge in [0.2, 0.25) is 0 Å². The summed E-state index contributed by atoms with van der Waals surface area (Å²) in [4.78, 5) is 11.4. The van der Waals surface area contributed by atoms with Gasteiger partial charge >= 0.3 is 5.97 Å². The molecule has 1 aromatic carbocycles. The summed E-state index contributed by atoms with van der Waals surface area (Å²) in [6.07, 6.45) is 0. The molecule has 1 aromatic rings. The first-order valence-corrected chi connectivity index (χ1v) is 6.75. The minimum absolute atomic E-state index is 0.0290. The Labute approximate surface area is 119 Å². The second-order valence-electron chi connectivity index (χ2n) is 3.77. The van der Waals surface area contributed by atoms with Crippen LogP contribution in [-0.2, 0) is 9.53 Å². The quantitative estimate of drug-likeness (QED) is 0.738. The molecule has 0 aromatic heterocycles. The fourth-order valence-electron chi connectivity index (χ4n) is 1.52. The van der Waals surface area contributed by atoms with E-state index in [9.17, 15) is 4.79 Å². The van der Waals surface area contributed by atoms with E-state index in [1.165, 1.54) is 7.11 Å². The summed E-state index contributed by atoms with van der Waals surface area (Å²) in [5.74, 6) is -0.525. The van der Waals surface area contributed by atoms with Gasteiger partial charge in [-0.3, -0.25) is 4.79 Å². The maximum atomic E-state index is 11.4. The normalized spacial score (nSPS) is 13.1. The summed E-state index contributed by atoms with van der Waals surface area (Å²) in [5, 5.41) is 1.23. The van der Waals surface area contributed by atoms with E-state index in [0.717, 1.165) is 5.56 Å². The predicted molar refractivity (Wildman–Crippen MR) is 77.4 cm³/mol. The number of rotatable bonds is 3. The second kappa shape index (κ2) is 8.39. The number of esters is 1. The van der Waals surface area contributed by atoms with Crippen molar-refractivity contribution in [1.82, 2.24) is 0 Å². The van der Waals surface area contributed by atoms with Crippen molar-refractivity contribution in [2.45, 2.75) is 33.6 Å². The van der Waals surface area contributed by atoms with E-state index in [1.807, 2.05) is 27.7 Å². The zero-order valence-electron chi connectivity index (χ0n) is 11.5. The summed E-state index contributed by atoms with van der Waals surface area (Å²) >= 11 is 12.0. The summed E-state index contributed by atoms with van der Waals surface area (Å²) in [7, 11) is 1.38. The Morgan fingerprint density at radius 3 is 2.28 bits per heavy atom. The van der Waals surface area contributed by atoms with Crippen molar-refractivity contribution >= 4 is 29.2 Å². The van der Waals surface area contributed by atoms with Gasteiger partial charge in [-0.1, -0.05) is 50.9 Å². The van der Waals surface area contributed by atoms with E-state index in [-0.39, 0.29) is 17.8 Å². The Hall–Kier alpha value is -0.730. The van der Waals surface area contributed by atoms with E-state index in [0.29, 0.717) is 10.0 Å². The van der Waals surface area contributed by atoms with Crippen LogP contribution < -0.4 is 0 Å². The highest BCUT2D eigenvalue weighted by Crippen LogP contribution is 2.32. The van der Waals surface area contributed by atoms with Crippen LogP contribution in [-0.4, -0.2) is 13.1 Å². The van der Waals surface area contributed by atoms with Gasteiger partial charge in [-0.25, -0.2) is 0 Å². The molecule has 4 heteroatoms. The van der Waals surface area contributed by atoms with Crippen molar-refractivity contribution in [2.24, 2.45) is 5.92 Å². The molecule has 102 valence electrons. The van der Waals surface area contributed by atoms with Gasteiger partial charge in [0.25, 0.3) is 0 Å². The molecule has 1 rings (SSSR count). The van der Waals surface area contributed by atoms with Crippen LogP contribution >= 0.6 is 23.2 Å². The smallest absolute Gasteiger partial charge is 0.308 e. The van der Waals surface area contributed by atoms with Crippen LogP contribution in [0.1, 0.15) is 39.2 Å². The molecule has 0 saturated heterocycles. The topological polar surface area (TPSA) is 26.3 Å². The van der Waals surface area contributed by atoms with Crippen LogP contribution in [0.15, 0.2) is 18.2 Å². The lowest BCUT2D eigenvalue weighted by molar-refractivity contribution is -0.145. The molecule has 0 N–H and O–H groups in total. The second-order valence-corrected chi connectivity index (χ2v) is 4.61. The highest BCUT2D eigenvalue weighted by atomic mass is 35.5. The average molecular weight is 291 g/mol. The van der Waals surface area contributed by atoms with Crippen molar-refractivity contribution in [3.8, 4) is 0 Å². The highest BCUT2D eigenvalue weighted by Gasteiger charge is 2.24. The average Bonchev–Trinajstić information content (AvgIpc) is 2.41. The van der Waals surface area contributed by atoms with E-state index in [2.05, 4.69) is 0 Å². The molecule has 2 atom stereocenters. The molecule has 0 saturated carbocycles. The fraction of sp³-hybridized carbons (Fsp3) is 0.500. The number of carbonyl (C=O) groups excluding carboxylic acids is 1. The summed E-state index contributed by atoms with van der Waals surface area (Å²) < 4.78 is 4.71. The van der Waals surface area contributed by atoms with Crippen LogP contribution in [0.5, 0.6) is 0 Å². The number of ether oxygens (including phenoxy) is 1. The number of halogens is 2. The lowest BCUT2D eigenvalue weighted by Crippen LogP contribution is -2.19. The molecule has 0 spiro atoms. The largest absolute Gasteiger partial charge is 0.469 e.